The Morgan fingerprint density at radius 1 is 0.697 bits per heavy atom. The van der Waals surface area contributed by atoms with E-state index < -0.39 is 11.2 Å². The fraction of sp³-hybridized carbons (Fsp3) is 0.566. The third-order valence-electron chi connectivity index (χ3n) is 13.4. The van der Waals surface area contributed by atoms with Crippen LogP contribution in [0.4, 0.5) is 0 Å². The molecule has 3 aromatic carbocycles. The van der Waals surface area contributed by atoms with Gasteiger partial charge in [-0.2, -0.15) is 0 Å². The van der Waals surface area contributed by atoms with E-state index in [0.29, 0.717) is 59.3 Å². The lowest BCUT2D eigenvalue weighted by molar-refractivity contribution is -0.138. The summed E-state index contributed by atoms with van der Waals surface area (Å²) in [6.07, 6.45) is 11.2. The van der Waals surface area contributed by atoms with Crippen LogP contribution in [0, 0.1) is 11.8 Å². The number of hydrogen-bond acceptors (Lipinski definition) is 10. The average Bonchev–Trinajstić information content (AvgIpc) is 3.74. The highest BCUT2D eigenvalue weighted by Gasteiger charge is 2.42. The van der Waals surface area contributed by atoms with Gasteiger partial charge in [-0.3, -0.25) is 19.3 Å². The number of benzene rings is 3. The fourth-order valence-corrected chi connectivity index (χ4v) is 8.79. The number of carbonyl (C=O) groups excluding carboxylic acids is 3. The monoisotopic (exact) mass is 909 g/mol. The van der Waals surface area contributed by atoms with Gasteiger partial charge in [0.05, 0.1) is 44.2 Å². The molecule has 1 aliphatic heterocycles. The standard InChI is InChI=1S/C47H59BN2O8.C6H14O2/c1-54-27-29-56-24-5-21-47(22-6-25-57-30-28-55-2)42-31-37(13-17-40(42)41-18-14-38(48)32-43(41)47)35-11-15-39(16-12-35)58-26-4-3-23-49-46(53)36-9-7-34(8-10-36)33-50-44(51)19-20-45(50)52;1-5(2,7)6(3,4)8/h11-20,31-32,34,36H,3-10,21-30,33H2,1-2H3,(H,49,53);7-8H,1-4H3. The van der Waals surface area contributed by atoms with Crippen molar-refractivity contribution in [3.05, 3.63) is 83.9 Å². The fourth-order valence-electron chi connectivity index (χ4n) is 8.79. The van der Waals surface area contributed by atoms with Crippen molar-refractivity contribution in [3.8, 4) is 28.0 Å². The van der Waals surface area contributed by atoms with E-state index in [-0.39, 0.29) is 35.0 Å². The Labute approximate surface area is 394 Å². The SMILES string of the molecule is CC(C)(O)C(C)(C)O.[B]c1ccc2c(c1)C(CCCOCCOC)(CCCOCCOC)c1cc(-c3ccc(OCCCCNC(=O)C4CCC(CN5C(=O)C=CC5=O)CC4)cc3)ccc1-2. The molecule has 1 heterocycles. The maximum absolute atomic E-state index is 12.8. The van der Waals surface area contributed by atoms with E-state index in [4.69, 9.17) is 41.7 Å². The van der Waals surface area contributed by atoms with Gasteiger partial charge >= 0.3 is 0 Å². The molecule has 12 nitrogen and oxygen atoms in total. The molecule has 2 radical (unpaired) electrons. The van der Waals surface area contributed by atoms with Crippen molar-refractivity contribution in [1.82, 2.24) is 10.2 Å². The second kappa shape index (κ2) is 25.1. The van der Waals surface area contributed by atoms with Crippen LogP contribution in [0.25, 0.3) is 22.3 Å². The lowest BCUT2D eigenvalue weighted by Gasteiger charge is -2.33. The van der Waals surface area contributed by atoms with Crippen LogP contribution in [-0.2, 0) is 38.7 Å². The van der Waals surface area contributed by atoms with Crippen LogP contribution in [0.15, 0.2) is 72.8 Å². The highest BCUT2D eigenvalue weighted by molar-refractivity contribution is 6.32. The number of unbranched alkanes of at least 4 members (excludes halogenated alkanes) is 1. The first-order valence-electron chi connectivity index (χ1n) is 23.8. The zero-order valence-corrected chi connectivity index (χ0v) is 40.2. The predicted octanol–water partition coefficient (Wildman–Crippen LogP) is 6.84. The maximum Gasteiger partial charge on any atom is 0.253 e. The van der Waals surface area contributed by atoms with Crippen molar-refractivity contribution in [2.24, 2.45) is 11.8 Å². The van der Waals surface area contributed by atoms with E-state index >= 15 is 0 Å². The molecule has 0 spiro atoms. The molecule has 0 bridgehead atoms. The Morgan fingerprint density at radius 3 is 1.80 bits per heavy atom. The zero-order chi connectivity index (χ0) is 47.7. The van der Waals surface area contributed by atoms with Crippen LogP contribution in [0.2, 0.25) is 0 Å². The Morgan fingerprint density at radius 2 is 1.24 bits per heavy atom. The van der Waals surface area contributed by atoms with Gasteiger partial charge in [0.1, 0.15) is 13.6 Å². The number of rotatable bonds is 25. The zero-order valence-electron chi connectivity index (χ0n) is 40.2. The molecule has 66 heavy (non-hydrogen) atoms. The number of hydrogen-bond donors (Lipinski definition) is 3. The van der Waals surface area contributed by atoms with Crippen molar-refractivity contribution in [3.63, 3.8) is 0 Å². The minimum atomic E-state index is -1.01. The molecule has 0 unspecified atom stereocenters. The highest BCUT2D eigenvalue weighted by Crippen LogP contribution is 2.54. The molecule has 6 rings (SSSR count). The molecule has 3 N–H and O–H groups in total. The van der Waals surface area contributed by atoms with Gasteiger partial charge in [-0.15, -0.1) is 0 Å². The summed E-state index contributed by atoms with van der Waals surface area (Å²) in [7, 11) is 9.83. The number of imide groups is 1. The smallest absolute Gasteiger partial charge is 0.253 e. The Kier molecular flexibility index (Phi) is 20.0. The van der Waals surface area contributed by atoms with Gasteiger partial charge in [-0.05, 0) is 149 Å². The molecule has 0 atom stereocenters. The first-order chi connectivity index (χ1) is 31.6. The number of nitrogens with one attached hydrogen (secondary N) is 1. The molecular formula is C53H73BN2O10. The summed E-state index contributed by atoms with van der Waals surface area (Å²) in [5.41, 5.74) is 5.90. The van der Waals surface area contributed by atoms with Gasteiger partial charge in [-0.25, -0.2) is 0 Å². The number of amides is 3. The summed E-state index contributed by atoms with van der Waals surface area (Å²) < 4.78 is 28.3. The summed E-state index contributed by atoms with van der Waals surface area (Å²) in [6.45, 7) is 11.6. The van der Waals surface area contributed by atoms with Gasteiger partial charge < -0.3 is 39.2 Å². The third kappa shape index (κ3) is 14.6. The summed E-state index contributed by atoms with van der Waals surface area (Å²) in [4.78, 5) is 37.9. The lowest BCUT2D eigenvalue weighted by Crippen LogP contribution is -2.44. The number of methoxy groups -OCH3 is 2. The van der Waals surface area contributed by atoms with Crippen LogP contribution in [0.1, 0.15) is 103 Å². The number of aliphatic hydroxyl groups is 2. The van der Waals surface area contributed by atoms with Crippen LogP contribution >= 0.6 is 0 Å². The Hall–Kier alpha value is -4.37. The summed E-state index contributed by atoms with van der Waals surface area (Å²) in [6, 6.07) is 21.5. The predicted molar refractivity (Wildman–Crippen MR) is 259 cm³/mol. The van der Waals surface area contributed by atoms with E-state index in [1.165, 1.54) is 39.3 Å². The summed E-state index contributed by atoms with van der Waals surface area (Å²) >= 11 is 0. The van der Waals surface area contributed by atoms with Crippen LogP contribution < -0.4 is 15.5 Å². The number of carbonyl (C=O) groups is 3. The van der Waals surface area contributed by atoms with Crippen molar-refractivity contribution < 1.29 is 48.3 Å². The van der Waals surface area contributed by atoms with Gasteiger partial charge in [0.25, 0.3) is 11.8 Å². The first kappa shape index (κ1) is 52.6. The Bertz CT molecular complexity index is 2000. The average molecular weight is 909 g/mol. The molecule has 0 saturated heterocycles. The van der Waals surface area contributed by atoms with E-state index in [0.717, 1.165) is 86.5 Å². The molecule has 13 heteroatoms. The first-order valence-corrected chi connectivity index (χ1v) is 23.8. The van der Waals surface area contributed by atoms with Gasteiger partial charge in [-0.1, -0.05) is 47.9 Å². The summed E-state index contributed by atoms with van der Waals surface area (Å²) in [5, 5.41) is 21.3. The van der Waals surface area contributed by atoms with E-state index in [9.17, 15) is 14.4 Å². The molecule has 3 aliphatic rings. The normalized spacial score (nSPS) is 17.6. The Balaban J connectivity index is 0.000000933. The minimum absolute atomic E-state index is 0.0120. The van der Waals surface area contributed by atoms with Gasteiger partial charge in [0.2, 0.25) is 5.91 Å². The van der Waals surface area contributed by atoms with E-state index in [1.54, 1.807) is 41.9 Å². The molecule has 1 fully saturated rings. The second-order valence-corrected chi connectivity index (χ2v) is 18.9. The summed E-state index contributed by atoms with van der Waals surface area (Å²) in [5.74, 6) is 0.692. The maximum atomic E-state index is 12.8. The van der Waals surface area contributed by atoms with Crippen LogP contribution in [-0.4, -0.2) is 125 Å². The van der Waals surface area contributed by atoms with Crippen molar-refractivity contribution in [2.75, 3.05) is 73.6 Å². The number of ether oxygens (including phenoxy) is 5. The van der Waals surface area contributed by atoms with Crippen molar-refractivity contribution >= 4 is 31.0 Å². The van der Waals surface area contributed by atoms with Crippen molar-refractivity contribution in [2.45, 2.75) is 109 Å². The van der Waals surface area contributed by atoms with Crippen LogP contribution in [0.5, 0.6) is 5.75 Å². The lowest BCUT2D eigenvalue weighted by atomic mass is 9.70. The van der Waals surface area contributed by atoms with Gasteiger partial charge in [0, 0.05) is 64.0 Å². The van der Waals surface area contributed by atoms with Crippen molar-refractivity contribution in [1.29, 1.82) is 0 Å². The third-order valence-corrected chi connectivity index (χ3v) is 13.4. The molecule has 2 aliphatic carbocycles. The largest absolute Gasteiger partial charge is 0.494 e. The number of fused-ring (bicyclic) bond motifs is 3. The minimum Gasteiger partial charge on any atom is -0.494 e. The van der Waals surface area contributed by atoms with E-state index in [1.807, 2.05) is 18.2 Å². The molecule has 3 amide bonds. The topological polar surface area (TPSA) is 153 Å². The van der Waals surface area contributed by atoms with E-state index in [2.05, 4.69) is 47.8 Å². The molecule has 358 valence electrons. The molecule has 1 saturated carbocycles. The van der Waals surface area contributed by atoms with Crippen LogP contribution in [0.3, 0.4) is 0 Å². The number of nitrogens with zero attached hydrogens (tertiary/aromatic N) is 1. The quantitative estimate of drug-likeness (QED) is 0.0469. The molecule has 3 aromatic rings. The molecular weight excluding hydrogens is 835 g/mol. The van der Waals surface area contributed by atoms with Gasteiger partial charge in [0.15, 0.2) is 0 Å². The molecule has 0 aromatic heterocycles. The second-order valence-electron chi connectivity index (χ2n) is 18.9. The highest BCUT2D eigenvalue weighted by atomic mass is 16.5.